The van der Waals surface area contributed by atoms with E-state index >= 15 is 0 Å². The lowest BCUT2D eigenvalue weighted by Crippen LogP contribution is -2.26. The van der Waals surface area contributed by atoms with Gasteiger partial charge in [0.15, 0.2) is 0 Å². The largest absolute Gasteiger partial charge is 0.507 e. The van der Waals surface area contributed by atoms with Gasteiger partial charge < -0.3 is 29.5 Å². The zero-order chi connectivity index (χ0) is 43.4. The summed E-state index contributed by atoms with van der Waals surface area (Å²) >= 11 is 11.6. The molecular formula is C50H66N2O4S2. The monoisotopic (exact) mass is 822 g/mol. The third kappa shape index (κ3) is 9.99. The van der Waals surface area contributed by atoms with Crippen LogP contribution in [0.3, 0.4) is 0 Å². The minimum Gasteiger partial charge on any atom is -0.507 e. The van der Waals surface area contributed by atoms with Gasteiger partial charge in [0.25, 0.3) is 10.3 Å². The Balaban J connectivity index is 1.99. The van der Waals surface area contributed by atoms with E-state index in [9.17, 15) is 10.2 Å². The summed E-state index contributed by atoms with van der Waals surface area (Å²) in [4.78, 5) is 3.58. The molecule has 4 aromatic rings. The number of hydrogen-bond donors (Lipinski definition) is 2. The summed E-state index contributed by atoms with van der Waals surface area (Å²) in [6, 6.07) is 17.4. The molecule has 0 spiro atoms. The van der Waals surface area contributed by atoms with Crippen LogP contribution in [0, 0.1) is 0 Å². The van der Waals surface area contributed by atoms with Gasteiger partial charge in [0, 0.05) is 53.9 Å². The highest BCUT2D eigenvalue weighted by atomic mass is 32.1. The zero-order valence-corrected chi connectivity index (χ0v) is 39.5. The van der Waals surface area contributed by atoms with Gasteiger partial charge in [0.2, 0.25) is 0 Å². The number of phenolic OH excluding ortho intramolecular Hbond substituents is 2. The van der Waals surface area contributed by atoms with Crippen LogP contribution in [0.5, 0.6) is 23.0 Å². The SMILES string of the molecule is CN(C)C(=S)Oc1c2cc(C(C)(C)C)cc1Cc1cc(C(C)(C)C)cc(c1O)Cc1cc(C(C)(C)C)cc(c1OC(=S)N(C)C)Cc1cc(C(C)(C)C)cc(c1O)C2. The van der Waals surface area contributed by atoms with Crippen LogP contribution in [-0.4, -0.2) is 58.6 Å². The van der Waals surface area contributed by atoms with Crippen LogP contribution in [0.4, 0.5) is 0 Å². The molecule has 1 aliphatic carbocycles. The van der Waals surface area contributed by atoms with Crippen LogP contribution < -0.4 is 9.47 Å². The molecule has 0 saturated carbocycles. The summed E-state index contributed by atoms with van der Waals surface area (Å²) in [5, 5.41) is 25.6. The summed E-state index contributed by atoms with van der Waals surface area (Å²) in [5.41, 5.74) is 10.5. The molecule has 1 aliphatic rings. The predicted octanol–water partition coefficient (Wildman–Crippen LogP) is 11.4. The Hall–Kier alpha value is -4.14. The number of fused-ring (bicyclic) bond motifs is 8. The van der Waals surface area contributed by atoms with Crippen LogP contribution >= 0.6 is 24.4 Å². The van der Waals surface area contributed by atoms with E-state index < -0.39 is 0 Å². The number of rotatable bonds is 2. The standard InChI is InChI=1S/C50H66N2O4S2/c1-47(2,3)37-21-29-17-33-25-39(49(7,8)9)27-35(43(33)55-45(57)51(13)14)19-31-23-38(48(4,5)6)24-32(42(31)54)20-36-28-40(50(10,11)12)26-34(18-30(22-37)41(29)53)44(36)56-46(58)52(15)16/h21-28,53-54H,17-20H2,1-16H3. The predicted molar refractivity (Wildman–Crippen MR) is 249 cm³/mol. The highest BCUT2D eigenvalue weighted by Crippen LogP contribution is 2.44. The molecule has 0 unspecified atom stereocenters. The van der Waals surface area contributed by atoms with Crippen molar-refractivity contribution in [3.05, 3.63) is 115 Å². The Morgan fingerprint density at radius 3 is 0.776 bits per heavy atom. The Morgan fingerprint density at radius 2 is 0.603 bits per heavy atom. The van der Waals surface area contributed by atoms with Crippen molar-refractivity contribution in [2.45, 2.75) is 130 Å². The average Bonchev–Trinajstić information content (AvgIpc) is 3.07. The first-order valence-electron chi connectivity index (χ1n) is 20.4. The van der Waals surface area contributed by atoms with Crippen LogP contribution in [0.25, 0.3) is 0 Å². The third-order valence-electron chi connectivity index (χ3n) is 11.1. The highest BCUT2D eigenvalue weighted by molar-refractivity contribution is 7.80. The zero-order valence-electron chi connectivity index (χ0n) is 37.9. The Kier molecular flexibility index (Phi) is 12.5. The molecule has 312 valence electrons. The molecule has 0 fully saturated rings. The molecule has 0 aliphatic heterocycles. The maximum absolute atomic E-state index is 12.5. The molecule has 8 bridgehead atoms. The van der Waals surface area contributed by atoms with E-state index in [2.05, 4.69) is 132 Å². The molecule has 0 amide bonds. The van der Waals surface area contributed by atoms with Crippen LogP contribution in [0.1, 0.15) is 150 Å². The summed E-state index contributed by atoms with van der Waals surface area (Å²) in [6.07, 6.45) is 1.58. The first-order valence-corrected chi connectivity index (χ1v) is 21.2. The van der Waals surface area contributed by atoms with E-state index in [0.29, 0.717) is 47.5 Å². The topological polar surface area (TPSA) is 65.4 Å². The first kappa shape index (κ1) is 45.0. The first-order chi connectivity index (χ1) is 26.5. The normalized spacial score (nSPS) is 13.5. The van der Waals surface area contributed by atoms with E-state index in [-0.39, 0.29) is 33.2 Å². The van der Waals surface area contributed by atoms with Gasteiger partial charge in [0.05, 0.1) is 0 Å². The minimum atomic E-state index is -0.211. The summed E-state index contributed by atoms with van der Waals surface area (Å²) < 4.78 is 13.4. The van der Waals surface area contributed by atoms with Crippen molar-refractivity contribution in [2.75, 3.05) is 28.2 Å². The van der Waals surface area contributed by atoms with Gasteiger partial charge in [-0.1, -0.05) is 132 Å². The fraction of sp³-hybridized carbons (Fsp3) is 0.480. The van der Waals surface area contributed by atoms with E-state index in [1.54, 1.807) is 9.80 Å². The van der Waals surface area contributed by atoms with Crippen molar-refractivity contribution in [3.63, 3.8) is 0 Å². The summed E-state index contributed by atoms with van der Waals surface area (Å²) in [6.45, 7) is 26.5. The van der Waals surface area contributed by atoms with Gasteiger partial charge in [-0.3, -0.25) is 0 Å². The number of hydrogen-bond acceptors (Lipinski definition) is 6. The van der Waals surface area contributed by atoms with Crippen LogP contribution in [-0.2, 0) is 47.3 Å². The number of ether oxygens (including phenoxy) is 2. The minimum absolute atomic E-state index is 0.205. The van der Waals surface area contributed by atoms with E-state index in [4.69, 9.17) is 33.9 Å². The molecule has 0 heterocycles. The Bertz CT molecular complexity index is 1990. The lowest BCUT2D eigenvalue weighted by molar-refractivity contribution is 0.438. The fourth-order valence-electron chi connectivity index (χ4n) is 7.27. The van der Waals surface area contributed by atoms with Crippen molar-refractivity contribution in [1.29, 1.82) is 0 Å². The number of thiocarbonyl (C=S) groups is 2. The lowest BCUT2D eigenvalue weighted by Gasteiger charge is -2.28. The summed E-state index contributed by atoms with van der Waals surface area (Å²) in [5.74, 6) is 1.78. The molecular weight excluding hydrogens is 757 g/mol. The van der Waals surface area contributed by atoms with Crippen LogP contribution in [0.2, 0.25) is 0 Å². The van der Waals surface area contributed by atoms with E-state index in [1.165, 1.54) is 0 Å². The lowest BCUT2D eigenvalue weighted by atomic mass is 9.79. The van der Waals surface area contributed by atoms with E-state index in [1.807, 2.05) is 28.2 Å². The fourth-order valence-corrected chi connectivity index (χ4v) is 7.43. The molecule has 0 saturated heterocycles. The van der Waals surface area contributed by atoms with Crippen LogP contribution in [0.15, 0.2) is 48.5 Å². The van der Waals surface area contributed by atoms with Gasteiger partial charge in [-0.05, 0) is 113 Å². The van der Waals surface area contributed by atoms with Gasteiger partial charge in [0.1, 0.15) is 23.0 Å². The smallest absolute Gasteiger partial charge is 0.264 e. The number of benzene rings is 4. The molecule has 4 aromatic carbocycles. The molecule has 0 atom stereocenters. The van der Waals surface area contributed by atoms with Crippen molar-refractivity contribution >= 4 is 34.8 Å². The molecule has 0 radical (unpaired) electrons. The quantitative estimate of drug-likeness (QED) is 0.171. The number of nitrogens with zero attached hydrogens (tertiary/aromatic N) is 2. The maximum atomic E-state index is 12.5. The number of phenols is 2. The molecule has 5 rings (SSSR count). The average molecular weight is 823 g/mol. The van der Waals surface area contributed by atoms with Crippen molar-refractivity contribution in [1.82, 2.24) is 9.80 Å². The maximum Gasteiger partial charge on any atom is 0.264 e. The Morgan fingerprint density at radius 1 is 0.414 bits per heavy atom. The van der Waals surface area contributed by atoms with Crippen molar-refractivity contribution in [3.8, 4) is 23.0 Å². The molecule has 6 nitrogen and oxygen atoms in total. The molecule has 0 aromatic heterocycles. The second-order valence-electron chi connectivity index (χ2n) is 20.8. The van der Waals surface area contributed by atoms with Gasteiger partial charge in [-0.25, -0.2) is 0 Å². The number of aromatic hydroxyl groups is 2. The highest BCUT2D eigenvalue weighted by Gasteiger charge is 2.29. The second kappa shape index (κ2) is 16.1. The van der Waals surface area contributed by atoms with E-state index in [0.717, 1.165) is 66.8 Å². The molecule has 2 N–H and O–H groups in total. The summed E-state index contributed by atoms with van der Waals surface area (Å²) in [7, 11) is 7.51. The van der Waals surface area contributed by atoms with Crippen molar-refractivity contribution in [2.24, 2.45) is 0 Å². The van der Waals surface area contributed by atoms with Gasteiger partial charge >= 0.3 is 0 Å². The van der Waals surface area contributed by atoms with Gasteiger partial charge in [-0.15, -0.1) is 0 Å². The third-order valence-corrected chi connectivity index (χ3v) is 12.0. The molecule has 8 heteroatoms. The van der Waals surface area contributed by atoms with Gasteiger partial charge in [-0.2, -0.15) is 0 Å². The van der Waals surface area contributed by atoms with Crippen molar-refractivity contribution < 1.29 is 19.7 Å². The second-order valence-corrected chi connectivity index (χ2v) is 21.5. The molecule has 58 heavy (non-hydrogen) atoms. The Labute approximate surface area is 359 Å².